The highest BCUT2D eigenvalue weighted by Gasteiger charge is 2.22. The van der Waals surface area contributed by atoms with Crippen LogP contribution in [0.3, 0.4) is 0 Å². The second-order valence-corrected chi connectivity index (χ2v) is 7.67. The first kappa shape index (κ1) is 15.5. The van der Waals surface area contributed by atoms with Gasteiger partial charge in [-0.05, 0) is 23.8 Å². The van der Waals surface area contributed by atoms with Crippen LogP contribution in [0.15, 0.2) is 23.0 Å². The van der Waals surface area contributed by atoms with E-state index in [9.17, 15) is 4.79 Å². The van der Waals surface area contributed by atoms with E-state index in [2.05, 4.69) is 23.7 Å². The maximum absolute atomic E-state index is 12.5. The number of nitrogens with zero attached hydrogens (tertiary/aromatic N) is 3. The summed E-state index contributed by atoms with van der Waals surface area (Å²) in [6.45, 7) is 7.82. The van der Waals surface area contributed by atoms with Crippen LogP contribution in [0.2, 0.25) is 0 Å². The van der Waals surface area contributed by atoms with Crippen LogP contribution in [-0.2, 0) is 0 Å². The molecule has 0 aliphatic carbocycles. The fourth-order valence-corrected chi connectivity index (χ4v) is 4.17. The van der Waals surface area contributed by atoms with Crippen molar-refractivity contribution in [3.8, 4) is 0 Å². The highest BCUT2D eigenvalue weighted by atomic mass is 32.1. The van der Waals surface area contributed by atoms with Gasteiger partial charge in [-0.25, -0.2) is 4.98 Å². The van der Waals surface area contributed by atoms with E-state index in [4.69, 9.17) is 0 Å². The highest BCUT2D eigenvalue weighted by molar-refractivity contribution is 7.15. The molecule has 0 radical (unpaired) electrons. The minimum absolute atomic E-state index is 0.158. The van der Waals surface area contributed by atoms with Gasteiger partial charge in [-0.15, -0.1) is 11.3 Å². The van der Waals surface area contributed by atoms with Crippen molar-refractivity contribution < 1.29 is 4.79 Å². The Balaban J connectivity index is 1.65. The first-order valence-electron chi connectivity index (χ1n) is 7.67. The molecule has 0 unspecified atom stereocenters. The molecule has 6 heteroatoms. The first-order valence-corrected chi connectivity index (χ1v) is 9.43. The molecular formula is C16H21N3OS2. The number of aromatic nitrogens is 1. The van der Waals surface area contributed by atoms with E-state index in [-0.39, 0.29) is 5.91 Å². The molecule has 3 rings (SSSR count). The second-order valence-electron chi connectivity index (χ2n) is 5.84. The molecule has 22 heavy (non-hydrogen) atoms. The van der Waals surface area contributed by atoms with Gasteiger partial charge < -0.3 is 9.80 Å². The number of hydrogen-bond acceptors (Lipinski definition) is 5. The van der Waals surface area contributed by atoms with E-state index in [0.717, 1.165) is 43.3 Å². The van der Waals surface area contributed by atoms with Crippen LogP contribution in [0.25, 0.3) is 0 Å². The highest BCUT2D eigenvalue weighted by Crippen LogP contribution is 2.28. The maximum atomic E-state index is 12.5. The van der Waals surface area contributed by atoms with E-state index in [0.29, 0.717) is 5.92 Å². The molecule has 2 aromatic rings. The summed E-state index contributed by atoms with van der Waals surface area (Å²) in [6, 6.07) is 1.91. The van der Waals surface area contributed by atoms with Crippen molar-refractivity contribution in [1.29, 1.82) is 0 Å². The lowest BCUT2D eigenvalue weighted by Crippen LogP contribution is -2.35. The number of thiophene rings is 1. The van der Waals surface area contributed by atoms with Crippen molar-refractivity contribution in [3.63, 3.8) is 0 Å². The number of hydrogen-bond donors (Lipinski definition) is 0. The fraction of sp³-hybridized carbons (Fsp3) is 0.500. The van der Waals surface area contributed by atoms with E-state index in [1.165, 1.54) is 4.88 Å². The minimum Gasteiger partial charge on any atom is -0.346 e. The quantitative estimate of drug-likeness (QED) is 0.858. The number of thiazole rings is 1. The summed E-state index contributed by atoms with van der Waals surface area (Å²) in [5.74, 6) is 0.681. The predicted molar refractivity (Wildman–Crippen MR) is 93.3 cm³/mol. The number of anilines is 1. The summed E-state index contributed by atoms with van der Waals surface area (Å²) in [5.41, 5.74) is 0.815. The van der Waals surface area contributed by atoms with E-state index in [1.54, 1.807) is 22.7 Å². The van der Waals surface area contributed by atoms with Gasteiger partial charge in [0.25, 0.3) is 5.91 Å². The lowest BCUT2D eigenvalue weighted by Gasteiger charge is -2.21. The number of amides is 1. The summed E-state index contributed by atoms with van der Waals surface area (Å²) in [6.07, 6.45) is 2.98. The summed E-state index contributed by atoms with van der Waals surface area (Å²) >= 11 is 3.35. The van der Waals surface area contributed by atoms with Crippen molar-refractivity contribution >= 4 is 33.7 Å². The normalized spacial score (nSPS) is 16.1. The molecule has 0 aromatic carbocycles. The molecular weight excluding hydrogens is 314 g/mol. The third-order valence-corrected chi connectivity index (χ3v) is 5.94. The molecule has 1 amide bonds. The Bertz CT molecular complexity index is 621. The Morgan fingerprint density at radius 1 is 1.27 bits per heavy atom. The van der Waals surface area contributed by atoms with Gasteiger partial charge in [-0.3, -0.25) is 4.79 Å². The van der Waals surface area contributed by atoms with Crippen molar-refractivity contribution in [2.45, 2.75) is 26.2 Å². The fourth-order valence-electron chi connectivity index (χ4n) is 2.57. The van der Waals surface area contributed by atoms with E-state index >= 15 is 0 Å². The first-order chi connectivity index (χ1) is 10.6. The zero-order valence-electron chi connectivity index (χ0n) is 13.0. The smallest absolute Gasteiger partial charge is 0.254 e. The van der Waals surface area contributed by atoms with Crippen LogP contribution < -0.4 is 4.90 Å². The zero-order valence-corrected chi connectivity index (χ0v) is 14.6. The maximum Gasteiger partial charge on any atom is 0.254 e. The van der Waals surface area contributed by atoms with Gasteiger partial charge in [0.05, 0.1) is 5.56 Å². The molecule has 3 heterocycles. The average molecular weight is 335 g/mol. The lowest BCUT2D eigenvalue weighted by atomic mass is 10.2. The number of rotatable bonds is 3. The van der Waals surface area contributed by atoms with Crippen LogP contribution >= 0.6 is 22.7 Å². The van der Waals surface area contributed by atoms with Crippen LogP contribution in [0.5, 0.6) is 0 Å². The number of carbonyl (C=O) groups excluding carboxylic acids is 1. The topological polar surface area (TPSA) is 36.4 Å². The molecule has 1 aliphatic rings. The largest absolute Gasteiger partial charge is 0.346 e. The van der Waals surface area contributed by atoms with Gasteiger partial charge in [0.2, 0.25) is 0 Å². The molecule has 118 valence electrons. The lowest BCUT2D eigenvalue weighted by molar-refractivity contribution is 0.0767. The molecule has 1 aliphatic heterocycles. The molecule has 0 atom stereocenters. The molecule has 0 spiro atoms. The van der Waals surface area contributed by atoms with E-state index in [1.807, 2.05) is 27.9 Å². The zero-order chi connectivity index (χ0) is 15.5. The van der Waals surface area contributed by atoms with Crippen LogP contribution in [0.4, 0.5) is 5.13 Å². The Hall–Kier alpha value is -1.40. The molecule has 0 bridgehead atoms. The van der Waals surface area contributed by atoms with Crippen molar-refractivity contribution in [1.82, 2.24) is 9.88 Å². The van der Waals surface area contributed by atoms with Gasteiger partial charge in [-0.1, -0.05) is 13.8 Å². The second kappa shape index (κ2) is 6.79. The standard InChI is InChI=1S/C16H21N3OS2/c1-12(2)14-10-17-16(22-14)19-6-3-5-18(7-8-19)15(20)13-4-9-21-11-13/h4,9-12H,3,5-8H2,1-2H3. The van der Waals surface area contributed by atoms with Gasteiger partial charge in [0.1, 0.15) is 0 Å². The SMILES string of the molecule is CC(C)c1cnc(N2CCCN(C(=O)c3ccsc3)CC2)s1. The predicted octanol–water partition coefficient (Wildman–Crippen LogP) is 3.68. The van der Waals surface area contributed by atoms with Crippen molar-refractivity contribution in [3.05, 3.63) is 33.5 Å². The summed E-state index contributed by atoms with van der Waals surface area (Å²) in [7, 11) is 0. The summed E-state index contributed by atoms with van der Waals surface area (Å²) < 4.78 is 0. The molecule has 2 aromatic heterocycles. The van der Waals surface area contributed by atoms with Gasteiger partial charge in [0, 0.05) is 42.6 Å². The molecule has 1 saturated heterocycles. The molecule has 0 saturated carbocycles. The number of carbonyl (C=O) groups is 1. The third-order valence-electron chi connectivity index (χ3n) is 3.90. The molecule has 4 nitrogen and oxygen atoms in total. The Labute approximate surface area is 139 Å². The van der Waals surface area contributed by atoms with Crippen LogP contribution in [0.1, 0.15) is 41.4 Å². The van der Waals surface area contributed by atoms with Crippen LogP contribution in [0, 0.1) is 0 Å². The van der Waals surface area contributed by atoms with Crippen molar-refractivity contribution in [2.75, 3.05) is 31.1 Å². The molecule has 1 fully saturated rings. The Morgan fingerprint density at radius 2 is 2.14 bits per heavy atom. The minimum atomic E-state index is 0.158. The summed E-state index contributed by atoms with van der Waals surface area (Å²) in [5, 5.41) is 4.98. The Kier molecular flexibility index (Phi) is 4.78. The monoisotopic (exact) mass is 335 g/mol. The van der Waals surface area contributed by atoms with Crippen molar-refractivity contribution in [2.24, 2.45) is 0 Å². The average Bonchev–Trinajstić information content (AvgIpc) is 3.14. The van der Waals surface area contributed by atoms with Gasteiger partial charge in [-0.2, -0.15) is 11.3 Å². The Morgan fingerprint density at radius 3 is 2.82 bits per heavy atom. The van der Waals surface area contributed by atoms with Gasteiger partial charge in [0.15, 0.2) is 5.13 Å². The van der Waals surface area contributed by atoms with Crippen LogP contribution in [-0.4, -0.2) is 42.0 Å². The third kappa shape index (κ3) is 3.33. The van der Waals surface area contributed by atoms with Gasteiger partial charge >= 0.3 is 0 Å². The summed E-state index contributed by atoms with van der Waals surface area (Å²) in [4.78, 5) is 22.6. The van der Waals surface area contributed by atoms with E-state index < -0.39 is 0 Å². The molecule has 0 N–H and O–H groups in total.